The maximum Gasteiger partial charge on any atom is 0.228 e. The van der Waals surface area contributed by atoms with E-state index in [9.17, 15) is 8.78 Å². The van der Waals surface area contributed by atoms with Crippen LogP contribution in [0.4, 0.5) is 14.7 Å². The van der Waals surface area contributed by atoms with E-state index in [-0.39, 0.29) is 5.75 Å². The maximum absolute atomic E-state index is 14.0. The third-order valence-corrected chi connectivity index (χ3v) is 5.58. The van der Waals surface area contributed by atoms with Crippen molar-refractivity contribution in [3.8, 4) is 0 Å². The van der Waals surface area contributed by atoms with Crippen molar-refractivity contribution in [2.75, 3.05) is 31.2 Å². The van der Waals surface area contributed by atoms with Gasteiger partial charge in [-0.25, -0.2) is 8.78 Å². The van der Waals surface area contributed by atoms with Gasteiger partial charge in [0.05, 0.1) is 19.8 Å². The van der Waals surface area contributed by atoms with Gasteiger partial charge in [-0.1, -0.05) is 54.2 Å². The molecule has 0 radical (unpaired) electrons. The number of nitrogens with zero attached hydrogens (tertiary/aromatic N) is 4. The lowest BCUT2D eigenvalue weighted by molar-refractivity contribution is 0.121. The van der Waals surface area contributed by atoms with Crippen LogP contribution in [0, 0.1) is 11.6 Å². The molecule has 1 fully saturated rings. The van der Waals surface area contributed by atoms with Gasteiger partial charge in [0.25, 0.3) is 0 Å². The molecule has 2 heterocycles. The van der Waals surface area contributed by atoms with E-state index in [0.29, 0.717) is 30.5 Å². The standard InChI is InChI=1S/C20H20F2N4OS/c21-17-8-4-7-16(18(17)22)14-28-20-24-23-19(25-9-11-27-12-10-25)26(20)13-15-5-2-1-3-6-15/h1-8H,9-14H2. The second-order valence-corrected chi connectivity index (χ2v) is 7.40. The molecule has 28 heavy (non-hydrogen) atoms. The summed E-state index contributed by atoms with van der Waals surface area (Å²) in [7, 11) is 0. The fourth-order valence-corrected chi connectivity index (χ4v) is 4.00. The van der Waals surface area contributed by atoms with Gasteiger partial charge in [-0.2, -0.15) is 0 Å². The van der Waals surface area contributed by atoms with Gasteiger partial charge in [0, 0.05) is 24.4 Å². The lowest BCUT2D eigenvalue weighted by atomic mass is 10.2. The highest BCUT2D eigenvalue weighted by Gasteiger charge is 2.21. The fraction of sp³-hybridized carbons (Fsp3) is 0.300. The zero-order chi connectivity index (χ0) is 19.3. The van der Waals surface area contributed by atoms with Crippen LogP contribution in [0.3, 0.4) is 0 Å². The van der Waals surface area contributed by atoms with Crippen LogP contribution in [0.2, 0.25) is 0 Å². The summed E-state index contributed by atoms with van der Waals surface area (Å²) < 4.78 is 34.9. The zero-order valence-corrected chi connectivity index (χ0v) is 16.0. The number of halogens is 2. The average molecular weight is 402 g/mol. The van der Waals surface area contributed by atoms with Crippen molar-refractivity contribution in [1.82, 2.24) is 14.8 Å². The van der Waals surface area contributed by atoms with E-state index in [1.165, 1.54) is 17.8 Å². The highest BCUT2D eigenvalue weighted by atomic mass is 32.2. The first-order valence-corrected chi connectivity index (χ1v) is 10.1. The number of anilines is 1. The van der Waals surface area contributed by atoms with E-state index >= 15 is 0 Å². The number of aromatic nitrogens is 3. The summed E-state index contributed by atoms with van der Waals surface area (Å²) in [5, 5.41) is 9.39. The van der Waals surface area contributed by atoms with Gasteiger partial charge in [0.2, 0.25) is 5.95 Å². The van der Waals surface area contributed by atoms with Crippen LogP contribution in [0.25, 0.3) is 0 Å². The molecule has 1 saturated heterocycles. The molecule has 5 nitrogen and oxygen atoms in total. The largest absolute Gasteiger partial charge is 0.378 e. The molecule has 8 heteroatoms. The molecule has 0 saturated carbocycles. The van der Waals surface area contributed by atoms with Crippen LogP contribution in [-0.4, -0.2) is 41.1 Å². The van der Waals surface area contributed by atoms with Crippen LogP contribution in [0.1, 0.15) is 11.1 Å². The molecule has 1 aliphatic heterocycles. The van der Waals surface area contributed by atoms with Gasteiger partial charge >= 0.3 is 0 Å². The topological polar surface area (TPSA) is 43.2 Å². The summed E-state index contributed by atoms with van der Waals surface area (Å²) in [5.74, 6) is -0.593. The highest BCUT2D eigenvalue weighted by Crippen LogP contribution is 2.28. The molecule has 1 aromatic heterocycles. The Morgan fingerprint density at radius 2 is 1.75 bits per heavy atom. The van der Waals surface area contributed by atoms with Gasteiger partial charge in [-0.15, -0.1) is 10.2 Å². The Kier molecular flexibility index (Phi) is 5.87. The first-order valence-electron chi connectivity index (χ1n) is 9.08. The molecular weight excluding hydrogens is 382 g/mol. The van der Waals surface area contributed by atoms with Crippen molar-refractivity contribution in [2.45, 2.75) is 17.5 Å². The number of thioether (sulfide) groups is 1. The molecule has 4 rings (SSSR count). The molecule has 0 bridgehead atoms. The average Bonchev–Trinajstić information content (AvgIpc) is 3.13. The van der Waals surface area contributed by atoms with Crippen LogP contribution in [0.5, 0.6) is 0 Å². The van der Waals surface area contributed by atoms with Gasteiger partial charge in [-0.05, 0) is 11.6 Å². The Hall–Kier alpha value is -2.45. The van der Waals surface area contributed by atoms with E-state index in [1.807, 2.05) is 34.9 Å². The lowest BCUT2D eigenvalue weighted by Gasteiger charge is -2.28. The van der Waals surface area contributed by atoms with E-state index in [4.69, 9.17) is 4.74 Å². The third-order valence-electron chi connectivity index (χ3n) is 4.56. The zero-order valence-electron chi connectivity index (χ0n) is 15.2. The van der Waals surface area contributed by atoms with Crippen LogP contribution in [0.15, 0.2) is 53.7 Å². The smallest absolute Gasteiger partial charge is 0.228 e. The van der Waals surface area contributed by atoms with Crippen LogP contribution in [-0.2, 0) is 17.0 Å². The first kappa shape index (κ1) is 18.9. The molecule has 146 valence electrons. The highest BCUT2D eigenvalue weighted by molar-refractivity contribution is 7.98. The number of hydrogen-bond donors (Lipinski definition) is 0. The number of morpholine rings is 1. The summed E-state index contributed by atoms with van der Waals surface area (Å²) in [6.07, 6.45) is 0. The van der Waals surface area contributed by atoms with Crippen LogP contribution >= 0.6 is 11.8 Å². The van der Waals surface area contributed by atoms with Crippen molar-refractivity contribution < 1.29 is 13.5 Å². The van der Waals surface area contributed by atoms with Gasteiger partial charge < -0.3 is 9.64 Å². The SMILES string of the molecule is Fc1cccc(CSc2nnc(N3CCOCC3)n2Cc2ccccc2)c1F. The molecule has 0 amide bonds. The molecule has 0 N–H and O–H groups in total. The maximum atomic E-state index is 14.0. The quantitative estimate of drug-likeness (QED) is 0.588. The monoisotopic (exact) mass is 402 g/mol. The Balaban J connectivity index is 1.60. The van der Waals surface area contributed by atoms with Crippen molar-refractivity contribution in [3.05, 3.63) is 71.3 Å². The Labute approximate surface area is 166 Å². The minimum Gasteiger partial charge on any atom is -0.378 e. The summed E-state index contributed by atoms with van der Waals surface area (Å²) in [4.78, 5) is 2.15. The van der Waals surface area contributed by atoms with Gasteiger partial charge in [0.1, 0.15) is 0 Å². The van der Waals surface area contributed by atoms with Crippen molar-refractivity contribution >= 4 is 17.7 Å². The minimum atomic E-state index is -0.835. The molecular formula is C20H20F2N4OS. The normalized spacial score (nSPS) is 14.4. The minimum absolute atomic E-state index is 0.277. The summed E-state index contributed by atoms with van der Waals surface area (Å²) >= 11 is 1.35. The van der Waals surface area contributed by atoms with Crippen molar-refractivity contribution in [3.63, 3.8) is 0 Å². The Morgan fingerprint density at radius 3 is 2.54 bits per heavy atom. The van der Waals surface area contributed by atoms with E-state index < -0.39 is 11.6 Å². The summed E-state index contributed by atoms with van der Waals surface area (Å²) in [6, 6.07) is 14.3. The second-order valence-electron chi connectivity index (χ2n) is 6.46. The Bertz CT molecular complexity index is 929. The molecule has 0 aliphatic carbocycles. The van der Waals surface area contributed by atoms with Gasteiger partial charge in [0.15, 0.2) is 16.8 Å². The first-order chi connectivity index (χ1) is 13.7. The molecule has 3 aromatic rings. The number of rotatable bonds is 6. The van der Waals surface area contributed by atoms with Crippen molar-refractivity contribution in [2.24, 2.45) is 0 Å². The molecule has 0 atom stereocenters. The molecule has 0 unspecified atom stereocenters. The summed E-state index contributed by atoms with van der Waals surface area (Å²) in [6.45, 7) is 3.39. The van der Waals surface area contributed by atoms with E-state index in [2.05, 4.69) is 15.1 Å². The Morgan fingerprint density at radius 1 is 0.964 bits per heavy atom. The van der Waals surface area contributed by atoms with Crippen molar-refractivity contribution in [1.29, 1.82) is 0 Å². The lowest BCUT2D eigenvalue weighted by Crippen LogP contribution is -2.38. The second kappa shape index (κ2) is 8.70. The third kappa shape index (κ3) is 4.18. The predicted molar refractivity (Wildman–Crippen MR) is 105 cm³/mol. The fourth-order valence-electron chi connectivity index (χ4n) is 3.09. The van der Waals surface area contributed by atoms with Gasteiger partial charge in [-0.3, -0.25) is 4.57 Å². The van der Waals surface area contributed by atoms with E-state index in [1.54, 1.807) is 6.07 Å². The number of benzene rings is 2. The predicted octanol–water partition coefficient (Wildman–Crippen LogP) is 3.73. The van der Waals surface area contributed by atoms with E-state index in [0.717, 1.165) is 30.7 Å². The molecule has 2 aromatic carbocycles. The molecule has 0 spiro atoms. The number of hydrogen-bond acceptors (Lipinski definition) is 5. The molecule has 1 aliphatic rings. The summed E-state index contributed by atoms with van der Waals surface area (Å²) in [5.41, 5.74) is 1.43. The number of ether oxygens (including phenoxy) is 1. The van der Waals surface area contributed by atoms with Crippen LogP contribution < -0.4 is 4.90 Å².